The van der Waals surface area contributed by atoms with Gasteiger partial charge in [-0.1, -0.05) is 43.7 Å². The summed E-state index contributed by atoms with van der Waals surface area (Å²) in [4.78, 5) is 13.6. The van der Waals surface area contributed by atoms with Crippen LogP contribution in [-0.2, 0) is 11.3 Å². The number of nitrogens with zero attached hydrogens (tertiary/aromatic N) is 1. The molecule has 0 saturated carbocycles. The summed E-state index contributed by atoms with van der Waals surface area (Å²) in [5.74, 6) is 0.829. The number of hydrogen-bond acceptors (Lipinski definition) is 2. The van der Waals surface area contributed by atoms with E-state index >= 15 is 0 Å². The molecule has 1 aromatic rings. The highest BCUT2D eigenvalue weighted by atomic mass is 16.2. The van der Waals surface area contributed by atoms with E-state index in [9.17, 15) is 4.79 Å². The van der Waals surface area contributed by atoms with Crippen LogP contribution in [0, 0.1) is 5.92 Å². The van der Waals surface area contributed by atoms with Gasteiger partial charge in [0.05, 0.1) is 0 Å². The molecule has 0 aromatic heterocycles. The second-order valence-corrected chi connectivity index (χ2v) is 5.50. The third kappa shape index (κ3) is 4.06. The number of nitrogens with one attached hydrogen (secondary N) is 1. The van der Waals surface area contributed by atoms with Crippen LogP contribution in [0.2, 0.25) is 0 Å². The van der Waals surface area contributed by atoms with Gasteiger partial charge in [0.2, 0.25) is 5.91 Å². The maximum Gasteiger partial charge on any atom is 0.219 e. The van der Waals surface area contributed by atoms with E-state index in [1.165, 1.54) is 12.0 Å². The van der Waals surface area contributed by atoms with Crippen LogP contribution in [0.5, 0.6) is 0 Å². The zero-order valence-electron chi connectivity index (χ0n) is 11.9. The minimum Gasteiger partial charge on any atom is -0.341 e. The van der Waals surface area contributed by atoms with Crippen molar-refractivity contribution in [3.63, 3.8) is 0 Å². The summed E-state index contributed by atoms with van der Waals surface area (Å²) in [6.45, 7) is 6.54. The maximum absolute atomic E-state index is 11.6. The molecule has 19 heavy (non-hydrogen) atoms. The fourth-order valence-corrected chi connectivity index (χ4v) is 2.76. The van der Waals surface area contributed by atoms with Crippen LogP contribution in [0.15, 0.2) is 30.3 Å². The molecule has 1 fully saturated rings. The summed E-state index contributed by atoms with van der Waals surface area (Å²) in [6, 6.07) is 10.9. The minimum absolute atomic E-state index is 0.199. The molecule has 1 aliphatic heterocycles. The highest BCUT2D eigenvalue weighted by Crippen LogP contribution is 2.20. The standard InChI is InChI=1S/C16H24N2O/c1-3-14-9-16(12-18(11-14)13(2)19)17-10-15-7-5-4-6-8-15/h4-8,14,16-17H,3,9-12H2,1-2H3. The van der Waals surface area contributed by atoms with Gasteiger partial charge in [0.25, 0.3) is 0 Å². The quantitative estimate of drug-likeness (QED) is 0.901. The number of likely N-dealkylation sites (tertiary alicyclic amines) is 1. The molecule has 0 bridgehead atoms. The van der Waals surface area contributed by atoms with Gasteiger partial charge in [-0.2, -0.15) is 0 Å². The molecule has 0 aliphatic carbocycles. The van der Waals surface area contributed by atoms with Crippen molar-refractivity contribution < 1.29 is 4.79 Å². The number of hydrogen-bond donors (Lipinski definition) is 1. The molecule has 1 saturated heterocycles. The van der Waals surface area contributed by atoms with Crippen LogP contribution >= 0.6 is 0 Å². The summed E-state index contributed by atoms with van der Waals surface area (Å²) in [7, 11) is 0. The fourth-order valence-electron chi connectivity index (χ4n) is 2.76. The van der Waals surface area contributed by atoms with Crippen molar-refractivity contribution in [1.29, 1.82) is 0 Å². The lowest BCUT2D eigenvalue weighted by Crippen LogP contribution is -2.50. The van der Waals surface area contributed by atoms with E-state index in [4.69, 9.17) is 0 Å². The minimum atomic E-state index is 0.199. The molecule has 0 spiro atoms. The normalized spacial score (nSPS) is 23.4. The first-order chi connectivity index (χ1) is 9.19. The Morgan fingerprint density at radius 3 is 2.68 bits per heavy atom. The van der Waals surface area contributed by atoms with Crippen LogP contribution in [0.4, 0.5) is 0 Å². The molecule has 2 unspecified atom stereocenters. The summed E-state index contributed by atoms with van der Waals surface area (Å²) in [5.41, 5.74) is 1.30. The fraction of sp³-hybridized carbons (Fsp3) is 0.562. The van der Waals surface area contributed by atoms with Gasteiger partial charge >= 0.3 is 0 Å². The molecule has 1 amide bonds. The Morgan fingerprint density at radius 2 is 2.05 bits per heavy atom. The highest BCUT2D eigenvalue weighted by molar-refractivity contribution is 5.73. The van der Waals surface area contributed by atoms with Crippen LogP contribution < -0.4 is 5.32 Å². The largest absolute Gasteiger partial charge is 0.341 e. The van der Waals surface area contributed by atoms with Crippen molar-refractivity contribution in [1.82, 2.24) is 10.2 Å². The topological polar surface area (TPSA) is 32.3 Å². The lowest BCUT2D eigenvalue weighted by molar-refractivity contribution is -0.131. The van der Waals surface area contributed by atoms with Crippen molar-refractivity contribution in [2.24, 2.45) is 5.92 Å². The monoisotopic (exact) mass is 260 g/mol. The van der Waals surface area contributed by atoms with Crippen LogP contribution in [0.1, 0.15) is 32.3 Å². The Morgan fingerprint density at radius 1 is 1.32 bits per heavy atom. The third-order valence-corrected chi connectivity index (χ3v) is 4.00. The van der Waals surface area contributed by atoms with E-state index in [1.807, 2.05) is 11.0 Å². The van der Waals surface area contributed by atoms with Gasteiger partial charge in [0, 0.05) is 32.6 Å². The predicted molar refractivity (Wildman–Crippen MR) is 77.7 cm³/mol. The van der Waals surface area contributed by atoms with Gasteiger partial charge in [0.15, 0.2) is 0 Å². The van der Waals surface area contributed by atoms with Gasteiger partial charge in [0.1, 0.15) is 0 Å². The Balaban J connectivity index is 1.90. The molecule has 1 N–H and O–H groups in total. The van der Waals surface area contributed by atoms with E-state index in [-0.39, 0.29) is 5.91 Å². The molecule has 3 nitrogen and oxygen atoms in total. The predicted octanol–water partition coefficient (Wildman–Crippen LogP) is 2.42. The first kappa shape index (κ1) is 14.1. The van der Waals surface area contributed by atoms with Crippen molar-refractivity contribution in [3.05, 3.63) is 35.9 Å². The maximum atomic E-state index is 11.6. The summed E-state index contributed by atoms with van der Waals surface area (Å²) in [5, 5.41) is 3.59. The molecule has 1 aromatic carbocycles. The van der Waals surface area contributed by atoms with Gasteiger partial charge in [-0.25, -0.2) is 0 Å². The number of rotatable bonds is 4. The smallest absolute Gasteiger partial charge is 0.219 e. The average molecular weight is 260 g/mol. The SMILES string of the molecule is CCC1CC(NCc2ccccc2)CN(C(C)=O)C1. The lowest BCUT2D eigenvalue weighted by Gasteiger charge is -2.37. The van der Waals surface area contributed by atoms with Gasteiger partial charge < -0.3 is 10.2 Å². The first-order valence-corrected chi connectivity index (χ1v) is 7.22. The Hall–Kier alpha value is -1.35. The number of carbonyl (C=O) groups excluding carboxylic acids is 1. The Kier molecular flexibility index (Phi) is 4.97. The van der Waals surface area contributed by atoms with E-state index in [2.05, 4.69) is 36.5 Å². The van der Waals surface area contributed by atoms with Crippen molar-refractivity contribution in [3.8, 4) is 0 Å². The van der Waals surface area contributed by atoms with Gasteiger partial charge in [-0.3, -0.25) is 4.79 Å². The van der Waals surface area contributed by atoms with Gasteiger partial charge in [-0.05, 0) is 17.9 Å². The van der Waals surface area contributed by atoms with Crippen LogP contribution in [0.3, 0.4) is 0 Å². The molecule has 104 valence electrons. The highest BCUT2D eigenvalue weighted by Gasteiger charge is 2.27. The van der Waals surface area contributed by atoms with E-state index < -0.39 is 0 Å². The van der Waals surface area contributed by atoms with E-state index in [1.54, 1.807) is 6.92 Å². The second-order valence-electron chi connectivity index (χ2n) is 5.50. The second kappa shape index (κ2) is 6.71. The van der Waals surface area contributed by atoms with Crippen molar-refractivity contribution >= 4 is 5.91 Å². The molecule has 2 rings (SSSR count). The number of carbonyl (C=O) groups is 1. The lowest BCUT2D eigenvalue weighted by atomic mass is 9.92. The molecule has 1 aliphatic rings. The summed E-state index contributed by atoms with van der Waals surface area (Å²) >= 11 is 0. The zero-order chi connectivity index (χ0) is 13.7. The average Bonchev–Trinajstić information content (AvgIpc) is 2.45. The Bertz CT molecular complexity index is 404. The molecule has 0 radical (unpaired) electrons. The summed E-state index contributed by atoms with van der Waals surface area (Å²) < 4.78 is 0. The summed E-state index contributed by atoms with van der Waals surface area (Å²) in [6.07, 6.45) is 2.32. The first-order valence-electron chi connectivity index (χ1n) is 7.22. The van der Waals surface area contributed by atoms with Crippen LogP contribution in [0.25, 0.3) is 0 Å². The Labute approximate surface area is 116 Å². The molecule has 1 heterocycles. The molecular weight excluding hydrogens is 236 g/mol. The molecule has 2 atom stereocenters. The van der Waals surface area contributed by atoms with Gasteiger partial charge in [-0.15, -0.1) is 0 Å². The van der Waals surface area contributed by atoms with Crippen molar-refractivity contribution in [2.45, 2.75) is 39.3 Å². The number of amides is 1. The number of benzene rings is 1. The molecule has 3 heteroatoms. The third-order valence-electron chi connectivity index (χ3n) is 4.00. The molecular formula is C16H24N2O. The zero-order valence-corrected chi connectivity index (χ0v) is 11.9. The van der Waals surface area contributed by atoms with E-state index in [0.717, 1.165) is 26.1 Å². The van der Waals surface area contributed by atoms with Crippen molar-refractivity contribution in [2.75, 3.05) is 13.1 Å². The van der Waals surface area contributed by atoms with E-state index in [0.29, 0.717) is 12.0 Å². The van der Waals surface area contributed by atoms with Crippen LogP contribution in [-0.4, -0.2) is 29.9 Å². The number of piperidine rings is 1.